The number of methoxy groups -OCH3 is 2. The third-order valence-corrected chi connectivity index (χ3v) is 11.4. The summed E-state index contributed by atoms with van der Waals surface area (Å²) in [6.07, 6.45) is 4.57. The van der Waals surface area contributed by atoms with Crippen molar-refractivity contribution in [1.29, 1.82) is 0 Å². The second-order valence-electron chi connectivity index (χ2n) is 14.4. The number of morpholine rings is 2. The first-order chi connectivity index (χ1) is 24.9. The van der Waals surface area contributed by atoms with Crippen molar-refractivity contribution in [2.75, 3.05) is 76.6 Å². The lowest BCUT2D eigenvalue weighted by atomic mass is 9.76. The molecule has 260 valence electrons. The average Bonchev–Trinajstić information content (AvgIpc) is 3.44. The van der Waals surface area contributed by atoms with E-state index >= 15 is 0 Å². The predicted molar refractivity (Wildman–Crippen MR) is 204 cm³/mol. The normalized spacial score (nSPS) is 20.4. The largest absolute Gasteiger partial charge is 0.497 e. The highest BCUT2D eigenvalue weighted by molar-refractivity contribution is 6.10. The van der Waals surface area contributed by atoms with Gasteiger partial charge in [-0.3, -0.25) is 0 Å². The Hall–Kier alpha value is -4.98. The van der Waals surface area contributed by atoms with E-state index in [2.05, 4.69) is 109 Å². The van der Waals surface area contributed by atoms with E-state index in [0.29, 0.717) is 13.2 Å². The predicted octanol–water partition coefficient (Wildman–Crippen LogP) is 8.19. The van der Waals surface area contributed by atoms with Crippen LogP contribution in [0.15, 0.2) is 91.0 Å². The van der Waals surface area contributed by atoms with Gasteiger partial charge in [0.1, 0.15) is 17.2 Å². The standard InChI is InChI=1S/C44H44N2O5/c1-43(2)37-8-6-5-7-33(37)40-35-27-38(46-21-25-50-26-22-46)39(48-4)28-36(35)42-34(41(40)43)17-18-44(51-42,30-11-15-32(47-3)16-12-30)29-9-13-31(14-10-29)45-19-23-49-24-20-45/h5-18,27-28H,19-26H2,1-4H3. The summed E-state index contributed by atoms with van der Waals surface area (Å²) >= 11 is 0. The van der Waals surface area contributed by atoms with Gasteiger partial charge in [0.2, 0.25) is 0 Å². The van der Waals surface area contributed by atoms with Crippen LogP contribution in [0.5, 0.6) is 17.2 Å². The van der Waals surface area contributed by atoms with E-state index in [-0.39, 0.29) is 5.41 Å². The zero-order valence-corrected chi connectivity index (χ0v) is 29.8. The Morgan fingerprint density at radius 1 is 0.686 bits per heavy atom. The van der Waals surface area contributed by atoms with Gasteiger partial charge in [0.15, 0.2) is 5.60 Å². The summed E-state index contributed by atoms with van der Waals surface area (Å²) in [7, 11) is 3.47. The molecule has 0 saturated carbocycles. The van der Waals surface area contributed by atoms with Gasteiger partial charge in [-0.1, -0.05) is 68.5 Å². The number of hydrogen-bond acceptors (Lipinski definition) is 7. The van der Waals surface area contributed by atoms with Gasteiger partial charge in [-0.2, -0.15) is 0 Å². The van der Waals surface area contributed by atoms with Crippen LogP contribution in [0.2, 0.25) is 0 Å². The number of nitrogens with zero attached hydrogens (tertiary/aromatic N) is 2. The summed E-state index contributed by atoms with van der Waals surface area (Å²) in [5.74, 6) is 2.51. The van der Waals surface area contributed by atoms with E-state index in [1.807, 2.05) is 12.1 Å². The van der Waals surface area contributed by atoms with Crippen LogP contribution in [0.3, 0.4) is 0 Å². The fraction of sp³-hybridized carbons (Fsp3) is 0.318. The molecule has 2 fully saturated rings. The molecule has 7 heteroatoms. The Balaban J connectivity index is 1.29. The van der Waals surface area contributed by atoms with E-state index in [1.54, 1.807) is 14.2 Å². The molecule has 3 aliphatic heterocycles. The molecule has 2 saturated heterocycles. The van der Waals surface area contributed by atoms with Gasteiger partial charge in [0, 0.05) is 59.4 Å². The van der Waals surface area contributed by atoms with Gasteiger partial charge >= 0.3 is 0 Å². The lowest BCUT2D eigenvalue weighted by molar-refractivity contribution is 0.122. The molecule has 0 spiro atoms. The second kappa shape index (κ2) is 12.4. The zero-order valence-electron chi connectivity index (χ0n) is 29.8. The van der Waals surface area contributed by atoms with E-state index in [9.17, 15) is 0 Å². The van der Waals surface area contributed by atoms with Gasteiger partial charge in [-0.25, -0.2) is 0 Å². The smallest absolute Gasteiger partial charge is 0.178 e. The maximum atomic E-state index is 7.62. The lowest BCUT2D eigenvalue weighted by Gasteiger charge is -2.39. The SMILES string of the molecule is COc1ccc(C2(c3ccc(N4CCOCC4)cc3)C=Cc3c4c(c5cc(N6CCOCC6)c(OC)cc5c3O2)-c2ccccc2C4(C)C)cc1. The monoisotopic (exact) mass is 680 g/mol. The van der Waals surface area contributed by atoms with Crippen LogP contribution in [0, 0.1) is 0 Å². The Kier molecular flexibility index (Phi) is 7.74. The zero-order chi connectivity index (χ0) is 34.7. The van der Waals surface area contributed by atoms with Crippen molar-refractivity contribution in [2.45, 2.75) is 24.9 Å². The number of ether oxygens (including phenoxy) is 5. The van der Waals surface area contributed by atoms with Crippen molar-refractivity contribution < 1.29 is 23.7 Å². The molecule has 1 aliphatic carbocycles. The minimum absolute atomic E-state index is 0.239. The number of benzene rings is 5. The molecule has 1 unspecified atom stereocenters. The first kappa shape index (κ1) is 32.0. The Bertz CT molecular complexity index is 2140. The highest BCUT2D eigenvalue weighted by Gasteiger charge is 2.44. The van der Waals surface area contributed by atoms with Crippen molar-refractivity contribution in [3.63, 3.8) is 0 Å². The first-order valence-corrected chi connectivity index (χ1v) is 18.0. The fourth-order valence-electron chi connectivity index (χ4n) is 8.74. The summed E-state index contributed by atoms with van der Waals surface area (Å²) in [5, 5.41) is 2.21. The van der Waals surface area contributed by atoms with Crippen molar-refractivity contribution in [2.24, 2.45) is 0 Å². The molecule has 0 amide bonds. The van der Waals surface area contributed by atoms with E-state index in [0.717, 1.165) is 84.4 Å². The number of rotatable bonds is 6. The molecule has 0 radical (unpaired) electrons. The topological polar surface area (TPSA) is 52.6 Å². The summed E-state index contributed by atoms with van der Waals surface area (Å²) in [6, 6.07) is 30.6. The number of fused-ring (bicyclic) bond motifs is 8. The number of anilines is 2. The van der Waals surface area contributed by atoms with Crippen molar-refractivity contribution >= 4 is 28.2 Å². The summed E-state index contributed by atoms with van der Waals surface area (Å²) in [4.78, 5) is 4.77. The minimum atomic E-state index is -0.893. The third-order valence-electron chi connectivity index (χ3n) is 11.4. The molecule has 51 heavy (non-hydrogen) atoms. The summed E-state index contributed by atoms with van der Waals surface area (Å²) in [6.45, 7) is 11.0. The maximum absolute atomic E-state index is 7.62. The van der Waals surface area contributed by atoms with Crippen LogP contribution in [-0.4, -0.2) is 66.8 Å². The third kappa shape index (κ3) is 5.01. The van der Waals surface area contributed by atoms with Crippen molar-refractivity contribution in [1.82, 2.24) is 0 Å². The molecule has 0 bridgehead atoms. The highest BCUT2D eigenvalue weighted by atomic mass is 16.5. The van der Waals surface area contributed by atoms with Crippen LogP contribution in [0.4, 0.5) is 11.4 Å². The molecule has 7 nitrogen and oxygen atoms in total. The molecule has 1 atom stereocenters. The van der Waals surface area contributed by atoms with E-state index in [4.69, 9.17) is 23.7 Å². The van der Waals surface area contributed by atoms with Gasteiger partial charge in [0.05, 0.1) is 46.3 Å². The van der Waals surface area contributed by atoms with Crippen LogP contribution in [0.25, 0.3) is 28.0 Å². The Labute approximate surface area is 299 Å². The Morgan fingerprint density at radius 2 is 1.33 bits per heavy atom. The van der Waals surface area contributed by atoms with Gasteiger partial charge in [-0.15, -0.1) is 0 Å². The van der Waals surface area contributed by atoms with Crippen LogP contribution in [0.1, 0.15) is 41.7 Å². The van der Waals surface area contributed by atoms with Gasteiger partial charge in [0.25, 0.3) is 0 Å². The molecule has 5 aromatic carbocycles. The average molecular weight is 681 g/mol. The quantitative estimate of drug-likeness (QED) is 0.179. The minimum Gasteiger partial charge on any atom is -0.497 e. The van der Waals surface area contributed by atoms with Crippen molar-refractivity contribution in [3.8, 4) is 28.4 Å². The molecule has 9 rings (SSSR count). The molecule has 0 N–H and O–H groups in total. The van der Waals surface area contributed by atoms with E-state index < -0.39 is 5.60 Å². The first-order valence-electron chi connectivity index (χ1n) is 18.0. The van der Waals surface area contributed by atoms with Crippen molar-refractivity contribution in [3.05, 3.63) is 119 Å². The molecular formula is C44H44N2O5. The molecule has 5 aromatic rings. The lowest BCUT2D eigenvalue weighted by Crippen LogP contribution is -2.37. The Morgan fingerprint density at radius 3 is 2.00 bits per heavy atom. The molecule has 0 aromatic heterocycles. The second-order valence-corrected chi connectivity index (χ2v) is 14.4. The van der Waals surface area contributed by atoms with Crippen LogP contribution >= 0.6 is 0 Å². The molecular weight excluding hydrogens is 636 g/mol. The highest BCUT2D eigenvalue weighted by Crippen LogP contribution is 2.59. The maximum Gasteiger partial charge on any atom is 0.178 e. The molecule has 4 aliphatic rings. The molecule has 3 heterocycles. The summed E-state index contributed by atoms with van der Waals surface area (Å²) in [5.41, 5.74) is 9.53. The number of hydrogen-bond donors (Lipinski definition) is 0. The van der Waals surface area contributed by atoms with E-state index in [1.165, 1.54) is 33.3 Å². The van der Waals surface area contributed by atoms with Gasteiger partial charge in [-0.05, 0) is 70.1 Å². The fourth-order valence-corrected chi connectivity index (χ4v) is 8.74. The van der Waals surface area contributed by atoms with Crippen LogP contribution < -0.4 is 24.0 Å². The van der Waals surface area contributed by atoms with Gasteiger partial charge < -0.3 is 33.5 Å². The summed E-state index contributed by atoms with van der Waals surface area (Å²) < 4.78 is 30.7. The van der Waals surface area contributed by atoms with Crippen LogP contribution in [-0.2, 0) is 20.5 Å².